The van der Waals surface area contributed by atoms with Crippen LogP contribution in [0.3, 0.4) is 0 Å². The van der Waals surface area contributed by atoms with E-state index in [1.807, 2.05) is 18.2 Å². The molecule has 0 saturated heterocycles. The molecule has 0 aromatic heterocycles. The van der Waals surface area contributed by atoms with Crippen molar-refractivity contribution in [2.45, 2.75) is 39.5 Å². The standard InChI is InChI=1S/C22H29N3O3/c1-22(2,3)28-21(27)24-19-12-8-11-16(13-19)20(26)23-14-17-9-6-7-10-18(17)15-25(4)5/h6-13H,14-15H2,1-5H3,(H,23,26)(H,24,27)/p+1. The molecule has 3 N–H and O–H groups in total. The maximum atomic E-state index is 12.6. The first-order valence-corrected chi connectivity index (χ1v) is 9.38. The van der Waals surface area contributed by atoms with Gasteiger partial charge in [-0.2, -0.15) is 0 Å². The summed E-state index contributed by atoms with van der Waals surface area (Å²) in [7, 11) is 4.19. The first kappa shape index (κ1) is 21.4. The lowest BCUT2D eigenvalue weighted by Gasteiger charge is -2.19. The molecule has 0 aliphatic rings. The average Bonchev–Trinajstić information content (AvgIpc) is 2.58. The Hall–Kier alpha value is -2.86. The number of amides is 2. The van der Waals surface area contributed by atoms with Gasteiger partial charge in [-0.3, -0.25) is 10.1 Å². The molecule has 2 aromatic rings. The number of benzene rings is 2. The number of carbonyl (C=O) groups excluding carboxylic acids is 2. The Morgan fingerprint density at radius 2 is 1.68 bits per heavy atom. The molecular formula is C22H30N3O3+. The Morgan fingerprint density at radius 1 is 1.00 bits per heavy atom. The molecule has 0 aliphatic carbocycles. The van der Waals surface area contributed by atoms with Gasteiger partial charge in [0.15, 0.2) is 0 Å². The smallest absolute Gasteiger partial charge is 0.412 e. The largest absolute Gasteiger partial charge is 0.444 e. The van der Waals surface area contributed by atoms with Crippen molar-refractivity contribution in [2.75, 3.05) is 19.4 Å². The minimum Gasteiger partial charge on any atom is -0.444 e. The van der Waals surface area contributed by atoms with E-state index in [-0.39, 0.29) is 5.91 Å². The van der Waals surface area contributed by atoms with Gasteiger partial charge in [-0.15, -0.1) is 0 Å². The summed E-state index contributed by atoms with van der Waals surface area (Å²) >= 11 is 0. The summed E-state index contributed by atoms with van der Waals surface area (Å²) in [6, 6.07) is 14.9. The van der Waals surface area contributed by atoms with Crippen LogP contribution in [-0.4, -0.2) is 31.7 Å². The van der Waals surface area contributed by atoms with Crippen LogP contribution in [-0.2, 0) is 17.8 Å². The number of hydrogen-bond acceptors (Lipinski definition) is 3. The fourth-order valence-electron chi connectivity index (χ4n) is 2.72. The lowest BCUT2D eigenvalue weighted by molar-refractivity contribution is -0.872. The van der Waals surface area contributed by atoms with Crippen molar-refractivity contribution in [3.05, 3.63) is 65.2 Å². The van der Waals surface area contributed by atoms with Crippen molar-refractivity contribution in [1.82, 2.24) is 5.32 Å². The highest BCUT2D eigenvalue weighted by Crippen LogP contribution is 2.14. The van der Waals surface area contributed by atoms with E-state index in [1.54, 1.807) is 45.0 Å². The molecule has 0 saturated carbocycles. The van der Waals surface area contributed by atoms with E-state index < -0.39 is 11.7 Å². The molecular weight excluding hydrogens is 354 g/mol. The summed E-state index contributed by atoms with van der Waals surface area (Å²) in [4.78, 5) is 25.8. The lowest BCUT2D eigenvalue weighted by atomic mass is 10.1. The van der Waals surface area contributed by atoms with Crippen LogP contribution in [0.1, 0.15) is 42.3 Å². The van der Waals surface area contributed by atoms with Gasteiger partial charge in [0.2, 0.25) is 0 Å². The van der Waals surface area contributed by atoms with Crippen molar-refractivity contribution in [3.8, 4) is 0 Å². The molecule has 0 fully saturated rings. The van der Waals surface area contributed by atoms with Crippen LogP contribution in [0.5, 0.6) is 0 Å². The summed E-state index contributed by atoms with van der Waals surface area (Å²) in [5.74, 6) is -0.195. The zero-order chi connectivity index (χ0) is 20.7. The molecule has 28 heavy (non-hydrogen) atoms. The van der Waals surface area contributed by atoms with E-state index in [4.69, 9.17) is 4.74 Å². The van der Waals surface area contributed by atoms with E-state index in [9.17, 15) is 9.59 Å². The molecule has 0 radical (unpaired) electrons. The van der Waals surface area contributed by atoms with E-state index in [0.29, 0.717) is 17.8 Å². The second-order valence-electron chi connectivity index (χ2n) is 8.04. The van der Waals surface area contributed by atoms with Gasteiger partial charge in [-0.25, -0.2) is 4.79 Å². The molecule has 0 unspecified atom stereocenters. The maximum Gasteiger partial charge on any atom is 0.412 e. The number of hydrogen-bond donors (Lipinski definition) is 3. The van der Waals surface area contributed by atoms with Gasteiger partial charge in [0, 0.05) is 23.4 Å². The number of carbonyl (C=O) groups is 2. The Kier molecular flexibility index (Phi) is 7.18. The number of nitrogens with one attached hydrogen (secondary N) is 3. The summed E-state index contributed by atoms with van der Waals surface area (Å²) in [5.41, 5.74) is 2.71. The molecule has 0 bridgehead atoms. The fraction of sp³-hybridized carbons (Fsp3) is 0.364. The third-order valence-electron chi connectivity index (χ3n) is 3.87. The van der Waals surface area contributed by atoms with Crippen molar-refractivity contribution < 1.29 is 19.2 Å². The summed E-state index contributed by atoms with van der Waals surface area (Å²) in [5, 5.41) is 5.61. The van der Waals surface area contributed by atoms with Gasteiger partial charge in [0.05, 0.1) is 14.1 Å². The Balaban J connectivity index is 2.01. The topological polar surface area (TPSA) is 71.9 Å². The number of rotatable bonds is 6. The predicted molar refractivity (Wildman–Crippen MR) is 110 cm³/mol. The van der Waals surface area contributed by atoms with E-state index in [0.717, 1.165) is 12.1 Å². The van der Waals surface area contributed by atoms with Crippen LogP contribution in [0.15, 0.2) is 48.5 Å². The van der Waals surface area contributed by atoms with Crippen LogP contribution < -0.4 is 15.5 Å². The highest BCUT2D eigenvalue weighted by Gasteiger charge is 2.16. The number of quaternary nitrogens is 1. The molecule has 2 rings (SSSR count). The number of ether oxygens (including phenoxy) is 1. The van der Waals surface area contributed by atoms with Gasteiger partial charge in [0.1, 0.15) is 12.1 Å². The molecule has 2 amide bonds. The van der Waals surface area contributed by atoms with Crippen LogP contribution in [0.25, 0.3) is 0 Å². The average molecular weight is 385 g/mol. The zero-order valence-corrected chi connectivity index (χ0v) is 17.3. The maximum absolute atomic E-state index is 12.6. The van der Waals surface area contributed by atoms with Crippen LogP contribution in [0.2, 0.25) is 0 Å². The van der Waals surface area contributed by atoms with Crippen LogP contribution in [0.4, 0.5) is 10.5 Å². The Labute approximate surface area is 166 Å². The first-order valence-electron chi connectivity index (χ1n) is 9.38. The number of anilines is 1. The van der Waals surface area contributed by atoms with Crippen molar-refractivity contribution >= 4 is 17.7 Å². The Morgan fingerprint density at radius 3 is 2.32 bits per heavy atom. The van der Waals surface area contributed by atoms with Gasteiger partial charge in [-0.1, -0.05) is 30.3 Å². The van der Waals surface area contributed by atoms with Crippen molar-refractivity contribution in [1.29, 1.82) is 0 Å². The molecule has 0 spiro atoms. The lowest BCUT2D eigenvalue weighted by Crippen LogP contribution is -3.04. The van der Waals surface area contributed by atoms with Gasteiger partial charge in [0.25, 0.3) is 5.91 Å². The zero-order valence-electron chi connectivity index (χ0n) is 17.3. The molecule has 6 nitrogen and oxygen atoms in total. The summed E-state index contributed by atoms with van der Waals surface area (Å²) in [6.45, 7) is 6.73. The molecule has 0 aliphatic heterocycles. The molecule has 150 valence electrons. The monoisotopic (exact) mass is 384 g/mol. The fourth-order valence-corrected chi connectivity index (χ4v) is 2.72. The third-order valence-corrected chi connectivity index (χ3v) is 3.87. The first-order chi connectivity index (χ1) is 13.1. The molecule has 2 aromatic carbocycles. The van der Waals surface area contributed by atoms with Gasteiger partial charge >= 0.3 is 6.09 Å². The van der Waals surface area contributed by atoms with Crippen molar-refractivity contribution in [2.24, 2.45) is 0 Å². The minimum absolute atomic E-state index is 0.195. The molecule has 0 atom stereocenters. The van der Waals surface area contributed by atoms with Crippen molar-refractivity contribution in [3.63, 3.8) is 0 Å². The van der Waals surface area contributed by atoms with E-state index in [1.165, 1.54) is 10.5 Å². The van der Waals surface area contributed by atoms with E-state index in [2.05, 4.69) is 30.8 Å². The molecule has 6 heteroatoms. The Bertz CT molecular complexity index is 826. The van der Waals surface area contributed by atoms with Gasteiger partial charge in [-0.05, 0) is 44.5 Å². The summed E-state index contributed by atoms with van der Waals surface area (Å²) in [6.07, 6.45) is -0.551. The highest BCUT2D eigenvalue weighted by atomic mass is 16.6. The second kappa shape index (κ2) is 9.37. The minimum atomic E-state index is -0.583. The summed E-state index contributed by atoms with van der Waals surface area (Å²) < 4.78 is 5.24. The third kappa shape index (κ3) is 7.04. The quantitative estimate of drug-likeness (QED) is 0.717. The SMILES string of the molecule is C[NH+](C)Cc1ccccc1CNC(=O)c1cccc(NC(=O)OC(C)(C)C)c1. The van der Waals surface area contributed by atoms with E-state index >= 15 is 0 Å². The normalized spacial score (nSPS) is 11.2. The second-order valence-corrected chi connectivity index (χ2v) is 8.04. The van der Waals surface area contributed by atoms with Gasteiger partial charge < -0.3 is 15.0 Å². The van der Waals surface area contributed by atoms with Crippen LogP contribution in [0, 0.1) is 0 Å². The predicted octanol–water partition coefficient (Wildman–Crippen LogP) is 2.61. The highest BCUT2D eigenvalue weighted by molar-refractivity contribution is 5.96. The van der Waals surface area contributed by atoms with Crippen LogP contribution >= 0.6 is 0 Å². The molecule has 0 heterocycles.